The fourth-order valence-corrected chi connectivity index (χ4v) is 4.63. The number of imidazole rings is 1. The molecule has 4 rings (SSSR count). The van der Waals surface area contributed by atoms with Gasteiger partial charge in [-0.25, -0.2) is 18.4 Å². The van der Waals surface area contributed by atoms with E-state index >= 15 is 0 Å². The molecule has 1 aromatic carbocycles. The van der Waals surface area contributed by atoms with Gasteiger partial charge >= 0.3 is 0 Å². The highest BCUT2D eigenvalue weighted by atomic mass is 32.2. The van der Waals surface area contributed by atoms with Crippen molar-refractivity contribution in [3.8, 4) is 0 Å². The highest BCUT2D eigenvalue weighted by Gasteiger charge is 2.30. The van der Waals surface area contributed by atoms with Gasteiger partial charge in [0, 0.05) is 50.5 Å². The number of nitrogens with one attached hydrogen (secondary N) is 1. The molecule has 1 atom stereocenters. The first-order valence-electron chi connectivity index (χ1n) is 8.85. The fraction of sp³-hybridized carbons (Fsp3) is 0.278. The smallest absolute Gasteiger partial charge is 0.254 e. The van der Waals surface area contributed by atoms with Crippen molar-refractivity contribution >= 4 is 21.7 Å². The van der Waals surface area contributed by atoms with Gasteiger partial charge in [-0.3, -0.25) is 9.20 Å². The maximum Gasteiger partial charge on any atom is 0.254 e. The number of sulfonamides is 1. The molecule has 0 bridgehead atoms. The Morgan fingerprint density at radius 2 is 2.04 bits per heavy atom. The monoisotopic (exact) mass is 400 g/mol. The van der Waals surface area contributed by atoms with Gasteiger partial charge in [0.2, 0.25) is 15.8 Å². The third-order valence-corrected chi connectivity index (χ3v) is 6.59. The summed E-state index contributed by atoms with van der Waals surface area (Å²) in [6, 6.07) is 6.39. The van der Waals surface area contributed by atoms with Crippen molar-refractivity contribution < 1.29 is 13.2 Å². The summed E-state index contributed by atoms with van der Waals surface area (Å²) in [6.45, 7) is 1.06. The zero-order valence-corrected chi connectivity index (χ0v) is 15.8. The molecule has 3 heterocycles. The van der Waals surface area contributed by atoms with Crippen LogP contribution in [0, 0.1) is 0 Å². The number of amides is 1. The molecule has 1 unspecified atom stereocenters. The Labute approximate surface area is 162 Å². The number of nitrogens with two attached hydrogens (primary N) is 1. The minimum Gasteiger partial charge on any atom is -0.348 e. The van der Waals surface area contributed by atoms with Crippen molar-refractivity contribution in [1.29, 1.82) is 0 Å². The molecule has 1 amide bonds. The zero-order valence-electron chi connectivity index (χ0n) is 15.0. The van der Waals surface area contributed by atoms with Crippen LogP contribution in [0.4, 0.5) is 0 Å². The maximum atomic E-state index is 12.6. The molecule has 2 aromatic heterocycles. The molecule has 1 aliphatic rings. The molecule has 1 fully saturated rings. The summed E-state index contributed by atoms with van der Waals surface area (Å²) in [5, 5.41) is 2.80. The number of hydrogen-bond acceptors (Lipinski definition) is 6. The second-order valence-electron chi connectivity index (χ2n) is 6.72. The molecule has 0 radical (unpaired) electrons. The van der Waals surface area contributed by atoms with Crippen LogP contribution >= 0.6 is 0 Å². The lowest BCUT2D eigenvalue weighted by atomic mass is 10.2. The number of hydrogen-bond donors (Lipinski definition) is 2. The standard InChI is InChI=1S/C18H20N6O3S/c19-15-5-7-24(12-15)28(26,27)16-3-1-13(2-4-16)9-21-17(25)14-10-22-18-20-6-8-23(18)11-14/h1-4,6,8,10-11,15H,5,7,9,12,19H2,(H,21,25). The van der Waals surface area contributed by atoms with Crippen LogP contribution in [-0.2, 0) is 16.6 Å². The van der Waals surface area contributed by atoms with E-state index in [1.807, 2.05) is 0 Å². The number of carbonyl (C=O) groups excluding carboxylic acids is 1. The van der Waals surface area contributed by atoms with Crippen LogP contribution in [0.1, 0.15) is 22.3 Å². The van der Waals surface area contributed by atoms with Crippen LogP contribution in [0.2, 0.25) is 0 Å². The summed E-state index contributed by atoms with van der Waals surface area (Å²) in [5.74, 6) is 0.248. The van der Waals surface area contributed by atoms with Crippen LogP contribution in [0.3, 0.4) is 0 Å². The minimum atomic E-state index is -3.53. The van der Waals surface area contributed by atoms with Crippen molar-refractivity contribution in [1.82, 2.24) is 24.0 Å². The van der Waals surface area contributed by atoms with Gasteiger partial charge in [0.25, 0.3) is 5.91 Å². The lowest BCUT2D eigenvalue weighted by Crippen LogP contribution is -2.32. The first-order valence-corrected chi connectivity index (χ1v) is 10.3. The molecular formula is C18H20N6O3S. The van der Waals surface area contributed by atoms with Crippen LogP contribution in [0.15, 0.2) is 53.9 Å². The zero-order chi connectivity index (χ0) is 19.7. The summed E-state index contributed by atoms with van der Waals surface area (Å²) in [6.07, 6.45) is 7.11. The Kier molecular flexibility index (Phi) is 4.84. The van der Waals surface area contributed by atoms with Gasteiger partial charge in [-0.1, -0.05) is 12.1 Å². The third-order valence-electron chi connectivity index (χ3n) is 4.71. The molecule has 10 heteroatoms. The average Bonchev–Trinajstić information content (AvgIpc) is 3.34. The average molecular weight is 400 g/mol. The van der Waals surface area contributed by atoms with Crippen molar-refractivity contribution in [2.24, 2.45) is 5.73 Å². The summed E-state index contributed by atoms with van der Waals surface area (Å²) in [7, 11) is -3.53. The molecule has 9 nitrogen and oxygen atoms in total. The second kappa shape index (κ2) is 7.30. The Hall–Kier alpha value is -2.82. The van der Waals surface area contributed by atoms with Gasteiger partial charge in [-0.2, -0.15) is 4.31 Å². The molecule has 0 aliphatic carbocycles. The number of rotatable bonds is 5. The van der Waals surface area contributed by atoms with Crippen LogP contribution in [0.5, 0.6) is 0 Å². The quantitative estimate of drug-likeness (QED) is 0.638. The van der Waals surface area contributed by atoms with E-state index in [-0.39, 0.29) is 23.4 Å². The van der Waals surface area contributed by atoms with Gasteiger partial charge in [0.05, 0.1) is 10.5 Å². The van der Waals surface area contributed by atoms with E-state index in [1.165, 1.54) is 10.5 Å². The first-order chi connectivity index (χ1) is 13.4. The molecule has 3 aromatic rings. The SMILES string of the molecule is NC1CCN(S(=O)(=O)c2ccc(CNC(=O)c3cnc4nccn4c3)cc2)C1. The van der Waals surface area contributed by atoms with Gasteiger partial charge in [0.15, 0.2) is 0 Å². The molecule has 3 N–H and O–H groups in total. The lowest BCUT2D eigenvalue weighted by Gasteiger charge is -2.16. The van der Waals surface area contributed by atoms with Crippen LogP contribution in [0.25, 0.3) is 5.78 Å². The summed E-state index contributed by atoms with van der Waals surface area (Å²) in [4.78, 5) is 20.7. The Bertz CT molecular complexity index is 1110. The Balaban J connectivity index is 1.41. The van der Waals surface area contributed by atoms with E-state index < -0.39 is 10.0 Å². The van der Waals surface area contributed by atoms with Gasteiger partial charge in [0.1, 0.15) is 0 Å². The van der Waals surface area contributed by atoms with Gasteiger partial charge < -0.3 is 11.1 Å². The highest BCUT2D eigenvalue weighted by molar-refractivity contribution is 7.89. The van der Waals surface area contributed by atoms with Crippen molar-refractivity contribution in [3.63, 3.8) is 0 Å². The van der Waals surface area contributed by atoms with Gasteiger partial charge in [-0.05, 0) is 24.1 Å². The summed E-state index contributed by atoms with van der Waals surface area (Å²) in [5.41, 5.74) is 7.01. The van der Waals surface area contributed by atoms with E-state index in [1.54, 1.807) is 47.3 Å². The minimum absolute atomic E-state index is 0.111. The van der Waals surface area contributed by atoms with Crippen molar-refractivity contribution in [3.05, 3.63) is 60.2 Å². The largest absolute Gasteiger partial charge is 0.348 e. The molecular weight excluding hydrogens is 380 g/mol. The van der Waals surface area contributed by atoms with E-state index in [9.17, 15) is 13.2 Å². The lowest BCUT2D eigenvalue weighted by molar-refractivity contribution is 0.0950. The van der Waals surface area contributed by atoms with Gasteiger partial charge in [-0.15, -0.1) is 0 Å². The number of nitrogens with zero attached hydrogens (tertiary/aromatic N) is 4. The molecule has 0 saturated carbocycles. The topological polar surface area (TPSA) is 123 Å². The molecule has 0 spiro atoms. The normalized spacial score (nSPS) is 17.8. The van der Waals surface area contributed by atoms with Crippen LogP contribution < -0.4 is 11.1 Å². The molecule has 1 aliphatic heterocycles. The summed E-state index contributed by atoms with van der Waals surface area (Å²) >= 11 is 0. The Morgan fingerprint density at radius 3 is 2.75 bits per heavy atom. The number of benzene rings is 1. The third kappa shape index (κ3) is 3.61. The number of aromatic nitrogens is 3. The van der Waals surface area contributed by atoms with Crippen molar-refractivity contribution in [2.45, 2.75) is 23.9 Å². The number of carbonyl (C=O) groups is 1. The highest BCUT2D eigenvalue weighted by Crippen LogP contribution is 2.20. The maximum absolute atomic E-state index is 12.6. The van der Waals surface area contributed by atoms with Crippen molar-refractivity contribution in [2.75, 3.05) is 13.1 Å². The predicted octanol–water partition coefficient (Wildman–Crippen LogP) is 0.381. The van der Waals surface area contributed by atoms with E-state index in [4.69, 9.17) is 5.73 Å². The molecule has 1 saturated heterocycles. The summed E-state index contributed by atoms with van der Waals surface area (Å²) < 4.78 is 28.3. The molecule has 146 valence electrons. The van der Waals surface area contributed by atoms with E-state index in [0.29, 0.717) is 30.9 Å². The number of fused-ring (bicyclic) bond motifs is 1. The molecule has 28 heavy (non-hydrogen) atoms. The first kappa shape index (κ1) is 18.5. The van der Waals surface area contributed by atoms with E-state index in [0.717, 1.165) is 5.56 Å². The fourth-order valence-electron chi connectivity index (χ4n) is 3.12. The van der Waals surface area contributed by atoms with E-state index in [2.05, 4.69) is 15.3 Å². The second-order valence-corrected chi connectivity index (χ2v) is 8.65. The predicted molar refractivity (Wildman–Crippen MR) is 102 cm³/mol. The van der Waals surface area contributed by atoms with Crippen LogP contribution in [-0.4, -0.2) is 52.1 Å². The Morgan fingerprint density at radius 1 is 1.25 bits per heavy atom.